The fourth-order valence-electron chi connectivity index (χ4n) is 5.78. The van der Waals surface area contributed by atoms with Crippen molar-refractivity contribution in [3.63, 3.8) is 0 Å². The Balaban J connectivity index is 0.000000255. The van der Waals surface area contributed by atoms with Crippen molar-refractivity contribution < 1.29 is 18.3 Å². The summed E-state index contributed by atoms with van der Waals surface area (Å²) in [7, 11) is 11.6. The largest absolute Gasteiger partial charge is 0.351 e. The van der Waals surface area contributed by atoms with Crippen molar-refractivity contribution in [2.75, 3.05) is 22.9 Å². The van der Waals surface area contributed by atoms with Crippen LogP contribution in [0.1, 0.15) is 59.2 Å². The SMILES string of the molecule is CC(C)Oc1ccccc1[CH]=[Ru]([Cl])[Cl].[CH2-]CC1N(c2c(C)cc(C)cc2C)CCN1c1c(C)cc(C)cc1C. The van der Waals surface area contributed by atoms with Gasteiger partial charge in [-0.25, -0.2) is 0 Å². The first-order valence-corrected chi connectivity index (χ1v) is 19.0. The Bertz CT molecular complexity index is 1210. The second-order valence-corrected chi connectivity index (χ2v) is 16.4. The van der Waals surface area contributed by atoms with Crippen molar-refractivity contribution in [2.24, 2.45) is 0 Å². The average molecular weight is 656 g/mol. The zero-order valence-electron chi connectivity index (χ0n) is 24.6. The van der Waals surface area contributed by atoms with E-state index in [4.69, 9.17) is 24.1 Å². The van der Waals surface area contributed by atoms with Gasteiger partial charge in [0.1, 0.15) is 0 Å². The van der Waals surface area contributed by atoms with E-state index >= 15 is 0 Å². The van der Waals surface area contributed by atoms with Gasteiger partial charge in [0.05, 0.1) is 6.17 Å². The third-order valence-corrected chi connectivity index (χ3v) is 8.71. The number of halogens is 2. The molecule has 1 aliphatic heterocycles. The van der Waals surface area contributed by atoms with Crippen LogP contribution in [0.3, 0.4) is 0 Å². The molecule has 1 aliphatic rings. The zero-order chi connectivity index (χ0) is 28.9. The van der Waals surface area contributed by atoms with E-state index in [1.165, 1.54) is 44.8 Å². The zero-order valence-corrected chi connectivity index (χ0v) is 27.8. The predicted molar refractivity (Wildman–Crippen MR) is 169 cm³/mol. The smallest absolute Gasteiger partial charge is 0.0745 e. The van der Waals surface area contributed by atoms with Gasteiger partial charge < -0.3 is 16.7 Å². The van der Waals surface area contributed by atoms with E-state index in [0.717, 1.165) is 30.8 Å². The number of benzene rings is 3. The number of ether oxygens (including phenoxy) is 1. The molecule has 3 nitrogen and oxygen atoms in total. The second kappa shape index (κ2) is 14.2. The van der Waals surface area contributed by atoms with E-state index < -0.39 is 13.5 Å². The number of aryl methyl sites for hydroxylation is 6. The van der Waals surface area contributed by atoms with E-state index in [-0.39, 0.29) is 6.10 Å². The van der Waals surface area contributed by atoms with E-state index in [9.17, 15) is 0 Å². The molecule has 1 heterocycles. The number of hydrogen-bond donors (Lipinski definition) is 0. The van der Waals surface area contributed by atoms with Crippen LogP contribution in [0.5, 0.6) is 5.75 Å². The molecule has 4 rings (SSSR count). The van der Waals surface area contributed by atoms with Crippen molar-refractivity contribution in [3.8, 4) is 5.75 Å². The molecule has 0 radical (unpaired) electrons. The molecule has 0 N–H and O–H groups in total. The molecule has 39 heavy (non-hydrogen) atoms. The van der Waals surface area contributed by atoms with Crippen molar-refractivity contribution in [1.29, 1.82) is 0 Å². The van der Waals surface area contributed by atoms with Crippen LogP contribution in [-0.4, -0.2) is 30.0 Å². The summed E-state index contributed by atoms with van der Waals surface area (Å²) in [6, 6.07) is 17.0. The minimum Gasteiger partial charge on any atom is -0.351 e. The van der Waals surface area contributed by atoms with Gasteiger partial charge in [0, 0.05) is 24.5 Å². The maximum Gasteiger partial charge on any atom is 0.0745 e. The molecule has 0 unspecified atom stereocenters. The summed E-state index contributed by atoms with van der Waals surface area (Å²) in [5.41, 5.74) is 11.9. The molecule has 0 saturated carbocycles. The number of rotatable bonds is 6. The molecular weight excluding hydrogens is 612 g/mol. The fraction of sp³-hybridized carbons (Fsp3) is 0.394. The second-order valence-electron chi connectivity index (χ2n) is 10.7. The Hall–Kier alpha value is -1.87. The van der Waals surface area contributed by atoms with Crippen molar-refractivity contribution in [3.05, 3.63) is 94.4 Å². The molecule has 214 valence electrons. The minimum atomic E-state index is -1.77. The van der Waals surface area contributed by atoms with Crippen LogP contribution < -0.4 is 14.5 Å². The first kappa shape index (κ1) is 31.7. The van der Waals surface area contributed by atoms with Crippen LogP contribution >= 0.6 is 19.4 Å². The van der Waals surface area contributed by atoms with Crippen LogP contribution in [-0.2, 0) is 13.5 Å². The van der Waals surface area contributed by atoms with Crippen LogP contribution in [0.4, 0.5) is 11.4 Å². The van der Waals surface area contributed by atoms with Crippen molar-refractivity contribution in [1.82, 2.24) is 0 Å². The quantitative estimate of drug-likeness (QED) is 0.195. The first-order chi connectivity index (χ1) is 18.4. The third-order valence-electron chi connectivity index (χ3n) is 6.87. The summed E-state index contributed by atoms with van der Waals surface area (Å²) in [5, 5.41) is 0. The Kier molecular flexibility index (Phi) is 11.5. The van der Waals surface area contributed by atoms with Crippen LogP contribution in [0.15, 0.2) is 48.5 Å². The van der Waals surface area contributed by atoms with Crippen LogP contribution in [0.2, 0.25) is 0 Å². The fourth-order valence-corrected chi connectivity index (χ4v) is 7.58. The number of anilines is 2. The van der Waals surface area contributed by atoms with Crippen molar-refractivity contribution in [2.45, 2.75) is 74.1 Å². The Morgan fingerprint density at radius 3 is 1.67 bits per heavy atom. The first-order valence-electron chi connectivity index (χ1n) is 13.5. The Morgan fingerprint density at radius 2 is 1.28 bits per heavy atom. The van der Waals surface area contributed by atoms with Crippen molar-refractivity contribution >= 4 is 35.4 Å². The summed E-state index contributed by atoms with van der Waals surface area (Å²) < 4.78 is 7.51. The van der Waals surface area contributed by atoms with E-state index in [2.05, 4.69) is 82.5 Å². The van der Waals surface area contributed by atoms with Crippen LogP contribution in [0, 0.1) is 48.5 Å². The van der Waals surface area contributed by atoms with Gasteiger partial charge in [0.15, 0.2) is 0 Å². The molecule has 0 amide bonds. The summed E-state index contributed by atoms with van der Waals surface area (Å²) in [4.78, 5) is 5.13. The van der Waals surface area contributed by atoms with Gasteiger partial charge in [-0.15, -0.1) is 6.42 Å². The molecule has 3 aromatic rings. The van der Waals surface area contributed by atoms with Crippen LogP contribution in [0.25, 0.3) is 0 Å². The summed E-state index contributed by atoms with van der Waals surface area (Å²) in [5.74, 6) is 0.850. The molecule has 0 aromatic heterocycles. The Morgan fingerprint density at radius 1 is 0.846 bits per heavy atom. The van der Waals surface area contributed by atoms with E-state index in [0.29, 0.717) is 6.17 Å². The van der Waals surface area contributed by atoms with E-state index in [1.54, 1.807) is 0 Å². The van der Waals surface area contributed by atoms with Gasteiger partial charge in [-0.05, 0) is 63.8 Å². The van der Waals surface area contributed by atoms with Gasteiger partial charge in [-0.3, -0.25) is 0 Å². The molecule has 6 heteroatoms. The normalized spacial score (nSPS) is 13.9. The standard InChI is InChI=1S/C23H31N2.C10H12O.2ClH.Ru/c1-8-21-24(22-17(4)11-15(2)12-18(22)5)9-10-25(21)23-19(6)13-16(3)14-20(23)7;1-8(2)11-10-7-5-4-6-9(10)3;;;/h11-14,21H,1,8-10H2,2-7H3;3-8H,1-2H3;2*1H;/q-1;;;;+2/p-2. The molecule has 1 fully saturated rings. The third kappa shape index (κ3) is 8.09. The molecule has 0 atom stereocenters. The average Bonchev–Trinajstić information content (AvgIpc) is 3.22. The number of hydrogen-bond acceptors (Lipinski definition) is 3. The predicted octanol–water partition coefficient (Wildman–Crippen LogP) is 8.96. The summed E-state index contributed by atoms with van der Waals surface area (Å²) >= 11 is -1.77. The number of para-hydroxylation sites is 1. The molecule has 0 bridgehead atoms. The molecule has 3 aromatic carbocycles. The van der Waals surface area contributed by atoms with Gasteiger partial charge in [0.2, 0.25) is 0 Å². The van der Waals surface area contributed by atoms with Gasteiger partial charge in [-0.2, -0.15) is 0 Å². The maximum atomic E-state index is 5.82. The maximum absolute atomic E-state index is 5.82. The Labute approximate surface area is 249 Å². The summed E-state index contributed by atoms with van der Waals surface area (Å²) in [6.45, 7) is 23.7. The molecule has 1 saturated heterocycles. The minimum absolute atomic E-state index is 0.163. The van der Waals surface area contributed by atoms with Gasteiger partial charge in [0.25, 0.3) is 0 Å². The molecule has 0 spiro atoms. The topological polar surface area (TPSA) is 15.7 Å². The monoisotopic (exact) mass is 655 g/mol. The van der Waals surface area contributed by atoms with E-state index in [1.807, 2.05) is 42.7 Å². The van der Waals surface area contributed by atoms with Gasteiger partial charge >= 0.3 is 97.8 Å². The summed E-state index contributed by atoms with van der Waals surface area (Å²) in [6.07, 6.45) is 1.36. The van der Waals surface area contributed by atoms with Gasteiger partial charge in [-0.1, -0.05) is 35.4 Å². The number of nitrogens with zero attached hydrogens (tertiary/aromatic N) is 2. The molecular formula is C33H43Cl2N2ORu-. The molecule has 0 aliphatic carbocycles.